The first-order chi connectivity index (χ1) is 14.6. The van der Waals surface area contributed by atoms with Crippen molar-refractivity contribution in [1.82, 2.24) is 4.98 Å². The van der Waals surface area contributed by atoms with Gasteiger partial charge in [-0.1, -0.05) is 22.9 Å². The number of methoxy groups -OCH3 is 2. The second kappa shape index (κ2) is 8.83. The molecule has 4 aromatic rings. The van der Waals surface area contributed by atoms with Crippen molar-refractivity contribution in [1.29, 1.82) is 0 Å². The van der Waals surface area contributed by atoms with E-state index in [0.717, 1.165) is 27.3 Å². The molecule has 0 N–H and O–H groups in total. The minimum Gasteiger partial charge on any atom is -0.497 e. The highest BCUT2D eigenvalue weighted by atomic mass is 35.5. The van der Waals surface area contributed by atoms with Gasteiger partial charge in [0, 0.05) is 0 Å². The Morgan fingerprint density at radius 3 is 2.43 bits per heavy atom. The van der Waals surface area contributed by atoms with Crippen molar-refractivity contribution in [3.05, 3.63) is 69.4 Å². The van der Waals surface area contributed by atoms with Gasteiger partial charge in [0.05, 0.1) is 39.9 Å². The maximum absolute atomic E-state index is 13.2. The summed E-state index contributed by atoms with van der Waals surface area (Å²) < 4.78 is 11.9. The highest BCUT2D eigenvalue weighted by molar-refractivity contribution is 7.22. The SMILES string of the molecule is COc1ccc(/C=N/N(C(=O)c2ccc(Cl)s2)c2nc3ccc(OC)cc3s2)cc1. The molecule has 0 saturated carbocycles. The predicted molar refractivity (Wildman–Crippen MR) is 123 cm³/mol. The van der Waals surface area contributed by atoms with Crippen molar-refractivity contribution in [3.8, 4) is 11.5 Å². The number of rotatable bonds is 6. The summed E-state index contributed by atoms with van der Waals surface area (Å²) in [6, 6.07) is 16.3. The highest BCUT2D eigenvalue weighted by Gasteiger charge is 2.22. The van der Waals surface area contributed by atoms with Crippen LogP contribution >= 0.6 is 34.3 Å². The number of carbonyl (C=O) groups is 1. The largest absolute Gasteiger partial charge is 0.497 e. The lowest BCUT2D eigenvalue weighted by Crippen LogP contribution is -2.24. The maximum Gasteiger partial charge on any atom is 0.290 e. The van der Waals surface area contributed by atoms with Crippen LogP contribution in [0.2, 0.25) is 4.34 Å². The van der Waals surface area contributed by atoms with Crippen LogP contribution in [0.3, 0.4) is 0 Å². The number of halogens is 1. The molecule has 4 rings (SSSR count). The van der Waals surface area contributed by atoms with Crippen LogP contribution < -0.4 is 14.5 Å². The molecule has 1 amide bonds. The zero-order valence-corrected chi connectivity index (χ0v) is 18.4. The van der Waals surface area contributed by atoms with E-state index in [9.17, 15) is 4.79 Å². The average molecular weight is 458 g/mol. The molecule has 0 aliphatic carbocycles. The number of fused-ring (bicyclic) bond motifs is 1. The molecule has 0 aliphatic rings. The summed E-state index contributed by atoms with van der Waals surface area (Å²) in [6.45, 7) is 0. The molecule has 9 heteroatoms. The van der Waals surface area contributed by atoms with Gasteiger partial charge in [-0.15, -0.1) is 11.3 Å². The summed E-state index contributed by atoms with van der Waals surface area (Å²) in [4.78, 5) is 18.2. The standard InChI is InChI=1S/C21H16ClN3O3S2/c1-27-14-5-3-13(4-6-14)12-23-25(20(26)17-9-10-19(22)29-17)21-24-16-8-7-15(28-2)11-18(16)30-21/h3-12H,1-2H3/b23-12+. The van der Waals surface area contributed by atoms with Crippen molar-refractivity contribution < 1.29 is 14.3 Å². The van der Waals surface area contributed by atoms with E-state index in [1.165, 1.54) is 27.7 Å². The van der Waals surface area contributed by atoms with Gasteiger partial charge in [-0.2, -0.15) is 10.1 Å². The first-order valence-electron chi connectivity index (χ1n) is 8.80. The van der Waals surface area contributed by atoms with E-state index < -0.39 is 0 Å². The van der Waals surface area contributed by atoms with E-state index in [4.69, 9.17) is 21.1 Å². The number of carbonyl (C=O) groups excluding carboxylic acids is 1. The average Bonchev–Trinajstić information content (AvgIpc) is 3.39. The second-order valence-electron chi connectivity index (χ2n) is 6.07. The molecule has 0 aliphatic heterocycles. The molecule has 0 unspecified atom stereocenters. The van der Waals surface area contributed by atoms with Crippen LogP contribution in [0, 0.1) is 0 Å². The molecule has 0 atom stereocenters. The van der Waals surface area contributed by atoms with E-state index in [1.807, 2.05) is 42.5 Å². The Labute approximate surface area is 186 Å². The van der Waals surface area contributed by atoms with Gasteiger partial charge in [-0.25, -0.2) is 4.98 Å². The molecule has 6 nitrogen and oxygen atoms in total. The predicted octanol–water partition coefficient (Wildman–Crippen LogP) is 5.71. The molecule has 152 valence electrons. The Hall–Kier alpha value is -2.94. The molecule has 0 saturated heterocycles. The summed E-state index contributed by atoms with van der Waals surface area (Å²) in [7, 11) is 3.22. The van der Waals surface area contributed by atoms with E-state index in [2.05, 4.69) is 10.1 Å². The van der Waals surface area contributed by atoms with Gasteiger partial charge >= 0.3 is 0 Å². The quantitative estimate of drug-likeness (QED) is 0.275. The highest BCUT2D eigenvalue weighted by Crippen LogP contribution is 2.33. The van der Waals surface area contributed by atoms with Crippen LogP contribution in [0.4, 0.5) is 5.13 Å². The summed E-state index contributed by atoms with van der Waals surface area (Å²) in [5, 5.41) is 6.19. The summed E-state index contributed by atoms with van der Waals surface area (Å²) in [5.74, 6) is 1.17. The van der Waals surface area contributed by atoms with Crippen molar-refractivity contribution in [3.63, 3.8) is 0 Å². The fraction of sp³-hybridized carbons (Fsp3) is 0.0952. The minimum atomic E-state index is -0.303. The normalized spacial score (nSPS) is 11.2. The van der Waals surface area contributed by atoms with Crippen LogP contribution in [-0.2, 0) is 0 Å². The number of hydrazone groups is 1. The van der Waals surface area contributed by atoms with Gasteiger partial charge in [-0.05, 0) is 60.2 Å². The summed E-state index contributed by atoms with van der Waals surface area (Å²) in [5.41, 5.74) is 1.58. The first kappa shape index (κ1) is 20.3. The third kappa shape index (κ3) is 4.30. The topological polar surface area (TPSA) is 64.0 Å². The molecule has 2 aromatic heterocycles. The van der Waals surface area contributed by atoms with Gasteiger partial charge in [0.25, 0.3) is 5.91 Å². The number of nitrogens with zero attached hydrogens (tertiary/aromatic N) is 3. The number of ether oxygens (including phenoxy) is 2. The number of aromatic nitrogens is 1. The summed E-state index contributed by atoms with van der Waals surface area (Å²) in [6.07, 6.45) is 1.61. The monoisotopic (exact) mass is 457 g/mol. The number of hydrogen-bond acceptors (Lipinski definition) is 7. The molecule has 2 heterocycles. The molecule has 0 fully saturated rings. The van der Waals surface area contributed by atoms with E-state index in [0.29, 0.717) is 14.3 Å². The van der Waals surface area contributed by atoms with E-state index in [-0.39, 0.29) is 5.91 Å². The Morgan fingerprint density at radius 1 is 1.03 bits per heavy atom. The molecular weight excluding hydrogens is 442 g/mol. The van der Waals surface area contributed by atoms with Crippen LogP contribution in [0.5, 0.6) is 11.5 Å². The van der Waals surface area contributed by atoms with Crippen LogP contribution in [0.15, 0.2) is 59.7 Å². The van der Waals surface area contributed by atoms with Gasteiger partial charge in [0.2, 0.25) is 5.13 Å². The van der Waals surface area contributed by atoms with Gasteiger partial charge in [0.1, 0.15) is 11.5 Å². The first-order valence-corrected chi connectivity index (χ1v) is 10.8. The zero-order chi connectivity index (χ0) is 21.1. The van der Waals surface area contributed by atoms with Crippen LogP contribution in [0.25, 0.3) is 10.2 Å². The van der Waals surface area contributed by atoms with Gasteiger partial charge in [0.15, 0.2) is 0 Å². The molecule has 0 bridgehead atoms. The molecule has 0 radical (unpaired) electrons. The van der Waals surface area contributed by atoms with Crippen LogP contribution in [0.1, 0.15) is 15.2 Å². The molecular formula is C21H16ClN3O3S2. The number of thiazole rings is 1. The number of anilines is 1. The third-order valence-corrected chi connectivity index (χ3v) is 6.39. The fourth-order valence-electron chi connectivity index (χ4n) is 2.65. The van der Waals surface area contributed by atoms with Crippen molar-refractivity contribution >= 4 is 61.7 Å². The summed E-state index contributed by atoms with van der Waals surface area (Å²) >= 11 is 8.58. The second-order valence-corrected chi connectivity index (χ2v) is 8.79. The molecule has 30 heavy (non-hydrogen) atoms. The number of amides is 1. The lowest BCUT2D eigenvalue weighted by Gasteiger charge is -2.12. The maximum atomic E-state index is 13.2. The van der Waals surface area contributed by atoms with Crippen molar-refractivity contribution in [2.75, 3.05) is 19.2 Å². The Morgan fingerprint density at radius 2 is 1.77 bits per heavy atom. The lowest BCUT2D eigenvalue weighted by molar-refractivity contribution is 0.0991. The number of hydrogen-bond donors (Lipinski definition) is 0. The number of benzene rings is 2. The van der Waals surface area contributed by atoms with E-state index in [1.54, 1.807) is 32.6 Å². The Bertz CT molecular complexity index is 1220. The zero-order valence-electron chi connectivity index (χ0n) is 16.0. The van der Waals surface area contributed by atoms with Crippen molar-refractivity contribution in [2.45, 2.75) is 0 Å². The molecule has 0 spiro atoms. The minimum absolute atomic E-state index is 0.303. The van der Waals surface area contributed by atoms with Crippen molar-refractivity contribution in [2.24, 2.45) is 5.10 Å². The smallest absolute Gasteiger partial charge is 0.290 e. The lowest BCUT2D eigenvalue weighted by atomic mass is 10.2. The Balaban J connectivity index is 1.72. The van der Waals surface area contributed by atoms with Gasteiger partial charge in [-0.3, -0.25) is 4.79 Å². The van der Waals surface area contributed by atoms with Gasteiger partial charge < -0.3 is 9.47 Å². The third-order valence-electron chi connectivity index (χ3n) is 4.18. The van der Waals surface area contributed by atoms with E-state index >= 15 is 0 Å². The van der Waals surface area contributed by atoms with Crippen LogP contribution in [-0.4, -0.2) is 31.3 Å². The Kier molecular flexibility index (Phi) is 5.98. The molecule has 2 aromatic carbocycles. The fourth-order valence-corrected chi connectivity index (χ4v) is 4.57. The number of thiophene rings is 1.